The summed E-state index contributed by atoms with van der Waals surface area (Å²) >= 11 is 0. The summed E-state index contributed by atoms with van der Waals surface area (Å²) in [5.74, 6) is 0.382. The fourth-order valence-corrected chi connectivity index (χ4v) is 5.70. The first kappa shape index (κ1) is 22.2. The molecule has 31 heavy (non-hydrogen) atoms. The van der Waals surface area contributed by atoms with Gasteiger partial charge in [-0.15, -0.1) is 0 Å². The minimum Gasteiger partial charge on any atom is -0.318 e. The van der Waals surface area contributed by atoms with Gasteiger partial charge in [-0.1, -0.05) is 6.07 Å². The van der Waals surface area contributed by atoms with Crippen LogP contribution in [0.3, 0.4) is 0 Å². The van der Waals surface area contributed by atoms with E-state index in [9.17, 15) is 13.2 Å². The quantitative estimate of drug-likeness (QED) is 0.668. The van der Waals surface area contributed by atoms with Gasteiger partial charge in [0, 0.05) is 35.7 Å². The third-order valence-electron chi connectivity index (χ3n) is 6.68. The molecule has 4 rings (SSSR count). The number of rotatable bonds is 7. The Kier molecular flexibility index (Phi) is 6.37. The zero-order valence-corrected chi connectivity index (χ0v) is 19.6. The van der Waals surface area contributed by atoms with Gasteiger partial charge in [0.2, 0.25) is 10.0 Å². The Hall–Kier alpha value is -1.96. The van der Waals surface area contributed by atoms with Crippen molar-refractivity contribution >= 4 is 15.8 Å². The third-order valence-corrected chi connectivity index (χ3v) is 7.37. The normalized spacial score (nSPS) is 19.5. The molecule has 0 bridgehead atoms. The minimum atomic E-state index is -3.18. The lowest BCUT2D eigenvalue weighted by molar-refractivity contribution is 0.0887. The van der Waals surface area contributed by atoms with Crippen molar-refractivity contribution in [1.29, 1.82) is 0 Å². The number of aromatic nitrogens is 1. The summed E-state index contributed by atoms with van der Waals surface area (Å²) in [6, 6.07) is 8.69. The first-order valence-electron chi connectivity index (χ1n) is 11.2. The van der Waals surface area contributed by atoms with Gasteiger partial charge in [0.25, 0.3) is 0 Å². The SMILES string of the molecule is Cc1cc(C(=O)CN2CCCC(CNS(C)(=O)=O)C2)c(C)n1-c1ccc2c(c1)CCC2. The number of nitrogens with one attached hydrogen (secondary N) is 1. The number of piperidine rings is 1. The summed E-state index contributed by atoms with van der Waals surface area (Å²) < 4.78 is 27.6. The van der Waals surface area contributed by atoms with Crippen LogP contribution < -0.4 is 4.72 Å². The maximum Gasteiger partial charge on any atom is 0.208 e. The number of aryl methyl sites for hydroxylation is 3. The van der Waals surface area contributed by atoms with E-state index in [0.717, 1.165) is 55.0 Å². The summed E-state index contributed by atoms with van der Waals surface area (Å²) in [5.41, 5.74) is 6.88. The van der Waals surface area contributed by atoms with Gasteiger partial charge in [-0.25, -0.2) is 13.1 Å². The number of hydrogen-bond acceptors (Lipinski definition) is 4. The standard InChI is InChI=1S/C24H33N3O3S/c1-17-12-23(18(2)27(17)22-10-9-20-7-4-8-21(20)13-22)24(28)16-26-11-5-6-19(15-26)14-25-31(3,29)30/h9-10,12-13,19,25H,4-8,11,14-16H2,1-3H3. The topological polar surface area (TPSA) is 71.4 Å². The average molecular weight is 444 g/mol. The van der Waals surface area contributed by atoms with Crippen LogP contribution in [0.15, 0.2) is 24.3 Å². The molecule has 6 nitrogen and oxygen atoms in total. The molecule has 1 atom stereocenters. The first-order chi connectivity index (χ1) is 14.7. The molecule has 1 N–H and O–H groups in total. The van der Waals surface area contributed by atoms with Crippen LogP contribution in [0.4, 0.5) is 0 Å². The molecular formula is C24H33N3O3S. The summed E-state index contributed by atoms with van der Waals surface area (Å²) in [6.07, 6.45) is 6.69. The van der Waals surface area contributed by atoms with Crippen LogP contribution >= 0.6 is 0 Å². The highest BCUT2D eigenvalue weighted by Gasteiger charge is 2.25. The van der Waals surface area contributed by atoms with Crippen molar-refractivity contribution in [2.75, 3.05) is 32.4 Å². The van der Waals surface area contributed by atoms with Gasteiger partial charge in [-0.05, 0) is 87.7 Å². The van der Waals surface area contributed by atoms with Crippen LogP contribution in [-0.2, 0) is 22.9 Å². The van der Waals surface area contributed by atoms with Crippen molar-refractivity contribution in [2.24, 2.45) is 5.92 Å². The second kappa shape index (κ2) is 8.88. The van der Waals surface area contributed by atoms with E-state index in [-0.39, 0.29) is 11.7 Å². The molecule has 2 heterocycles. The summed E-state index contributed by atoms with van der Waals surface area (Å²) in [6.45, 7) is 6.54. The van der Waals surface area contributed by atoms with Gasteiger partial charge >= 0.3 is 0 Å². The van der Waals surface area contributed by atoms with Crippen LogP contribution in [0.25, 0.3) is 5.69 Å². The van der Waals surface area contributed by atoms with Gasteiger partial charge in [0.05, 0.1) is 12.8 Å². The van der Waals surface area contributed by atoms with Crippen molar-refractivity contribution in [2.45, 2.75) is 46.0 Å². The van der Waals surface area contributed by atoms with Crippen molar-refractivity contribution < 1.29 is 13.2 Å². The number of carbonyl (C=O) groups is 1. The van der Waals surface area contributed by atoms with Gasteiger partial charge in [-0.2, -0.15) is 0 Å². The van der Waals surface area contributed by atoms with Gasteiger partial charge in [0.1, 0.15) is 0 Å². The number of hydrogen-bond donors (Lipinski definition) is 1. The number of ketones is 1. The van der Waals surface area contributed by atoms with Crippen molar-refractivity contribution in [3.8, 4) is 5.69 Å². The van der Waals surface area contributed by atoms with Gasteiger partial charge < -0.3 is 4.57 Å². The number of Topliss-reactive ketones (excluding diaryl/α,β-unsaturated/α-hetero) is 1. The zero-order chi connectivity index (χ0) is 22.2. The highest BCUT2D eigenvalue weighted by molar-refractivity contribution is 7.88. The van der Waals surface area contributed by atoms with E-state index in [2.05, 4.69) is 39.3 Å². The Bertz CT molecular complexity index is 1090. The molecule has 2 aromatic rings. The van der Waals surface area contributed by atoms with Gasteiger partial charge in [0.15, 0.2) is 5.78 Å². The monoisotopic (exact) mass is 443 g/mol. The number of sulfonamides is 1. The largest absolute Gasteiger partial charge is 0.318 e. The van der Waals surface area contributed by atoms with E-state index < -0.39 is 10.0 Å². The lowest BCUT2D eigenvalue weighted by atomic mass is 9.98. The van der Waals surface area contributed by atoms with E-state index in [4.69, 9.17) is 0 Å². The Morgan fingerprint density at radius 1 is 1.13 bits per heavy atom. The molecule has 0 spiro atoms. The Labute approximate surface area is 185 Å². The number of likely N-dealkylation sites (tertiary alicyclic amines) is 1. The van der Waals surface area contributed by atoms with Crippen molar-refractivity contribution in [3.63, 3.8) is 0 Å². The molecule has 2 aliphatic rings. The maximum absolute atomic E-state index is 13.2. The van der Waals surface area contributed by atoms with E-state index in [0.29, 0.717) is 13.1 Å². The molecule has 1 unspecified atom stereocenters. The zero-order valence-electron chi connectivity index (χ0n) is 18.8. The van der Waals surface area contributed by atoms with Crippen LogP contribution in [0, 0.1) is 19.8 Å². The van der Waals surface area contributed by atoms with Crippen LogP contribution in [0.1, 0.15) is 52.1 Å². The summed E-state index contributed by atoms with van der Waals surface area (Å²) in [7, 11) is -3.18. The summed E-state index contributed by atoms with van der Waals surface area (Å²) in [5, 5.41) is 0. The smallest absolute Gasteiger partial charge is 0.208 e. The fourth-order valence-electron chi connectivity index (χ4n) is 5.16. The highest BCUT2D eigenvalue weighted by atomic mass is 32.2. The molecule has 1 aliphatic heterocycles. The second-order valence-electron chi connectivity index (χ2n) is 9.21. The lowest BCUT2D eigenvalue weighted by Crippen LogP contribution is -2.42. The fraction of sp³-hybridized carbons (Fsp3) is 0.542. The van der Waals surface area contributed by atoms with E-state index in [1.54, 1.807) is 0 Å². The molecule has 0 saturated carbocycles. The van der Waals surface area contributed by atoms with Crippen LogP contribution in [0.5, 0.6) is 0 Å². The predicted molar refractivity (Wildman–Crippen MR) is 124 cm³/mol. The molecule has 1 fully saturated rings. The minimum absolute atomic E-state index is 0.136. The van der Waals surface area contributed by atoms with E-state index in [1.165, 1.54) is 30.2 Å². The Balaban J connectivity index is 1.46. The third kappa shape index (κ3) is 5.10. The number of nitrogens with zero attached hydrogens (tertiary/aromatic N) is 2. The number of carbonyl (C=O) groups excluding carboxylic acids is 1. The molecule has 1 aromatic heterocycles. The Morgan fingerprint density at radius 3 is 2.68 bits per heavy atom. The molecule has 1 saturated heterocycles. The van der Waals surface area contributed by atoms with Crippen LogP contribution in [-0.4, -0.2) is 56.1 Å². The average Bonchev–Trinajstić information content (AvgIpc) is 3.29. The summed E-state index contributed by atoms with van der Waals surface area (Å²) in [4.78, 5) is 15.3. The molecule has 1 aromatic carbocycles. The van der Waals surface area contributed by atoms with Crippen molar-refractivity contribution in [3.05, 3.63) is 52.3 Å². The highest BCUT2D eigenvalue weighted by Crippen LogP contribution is 2.28. The second-order valence-corrected chi connectivity index (χ2v) is 11.0. The first-order valence-corrected chi connectivity index (χ1v) is 13.1. The van der Waals surface area contributed by atoms with Crippen LogP contribution in [0.2, 0.25) is 0 Å². The van der Waals surface area contributed by atoms with Gasteiger partial charge in [-0.3, -0.25) is 9.69 Å². The molecule has 168 valence electrons. The predicted octanol–water partition coefficient (Wildman–Crippen LogP) is 3.03. The molecule has 1 aliphatic carbocycles. The van der Waals surface area contributed by atoms with E-state index >= 15 is 0 Å². The molecule has 0 radical (unpaired) electrons. The Morgan fingerprint density at radius 2 is 1.90 bits per heavy atom. The maximum atomic E-state index is 13.2. The molecular weight excluding hydrogens is 410 g/mol. The molecule has 0 amide bonds. The van der Waals surface area contributed by atoms with Crippen molar-refractivity contribution in [1.82, 2.24) is 14.2 Å². The number of fused-ring (bicyclic) bond motifs is 1. The lowest BCUT2D eigenvalue weighted by Gasteiger charge is -2.32. The number of benzene rings is 1. The van der Waals surface area contributed by atoms with E-state index in [1.807, 2.05) is 13.0 Å². The molecule has 7 heteroatoms.